The van der Waals surface area contributed by atoms with E-state index in [0.717, 1.165) is 25.2 Å². The van der Waals surface area contributed by atoms with Crippen LogP contribution in [-0.2, 0) is 17.8 Å². The van der Waals surface area contributed by atoms with Crippen LogP contribution >= 0.6 is 0 Å². The summed E-state index contributed by atoms with van der Waals surface area (Å²) in [5, 5.41) is 10.1. The summed E-state index contributed by atoms with van der Waals surface area (Å²) in [6, 6.07) is 6.14. The van der Waals surface area contributed by atoms with E-state index in [1.165, 1.54) is 12.1 Å². The Bertz CT molecular complexity index is 691. The third-order valence-electron chi connectivity index (χ3n) is 3.85. The summed E-state index contributed by atoms with van der Waals surface area (Å²) in [6.07, 6.45) is 3.36. The molecule has 1 aromatic carbocycles. The Balaban J connectivity index is 1.30. The number of rotatable bonds is 7. The first-order chi connectivity index (χ1) is 11.7. The maximum absolute atomic E-state index is 13.0. The molecule has 0 radical (unpaired) electrons. The average molecular weight is 333 g/mol. The molecule has 1 aliphatic rings. The van der Waals surface area contributed by atoms with E-state index in [2.05, 4.69) is 20.7 Å². The van der Waals surface area contributed by atoms with Gasteiger partial charge in [0.1, 0.15) is 30.3 Å². The van der Waals surface area contributed by atoms with Gasteiger partial charge < -0.3 is 15.4 Å². The fourth-order valence-corrected chi connectivity index (χ4v) is 2.62. The lowest BCUT2D eigenvalue weighted by Crippen LogP contribution is -2.44. The van der Waals surface area contributed by atoms with E-state index in [4.69, 9.17) is 4.74 Å². The molecule has 0 fully saturated rings. The van der Waals surface area contributed by atoms with E-state index in [9.17, 15) is 9.18 Å². The standard InChI is InChI=1S/C16H20FN5O2/c17-12-2-1-3-14(8-12)24-7-6-18-16(23)9-19-13-4-5-15-20-11-21-22(15)10-13/h1-3,8,11,13,19H,4-7,9-10H2,(H,18,23)/t13-/m0/s1. The van der Waals surface area contributed by atoms with Gasteiger partial charge in [0.05, 0.1) is 19.6 Å². The predicted octanol–water partition coefficient (Wildman–Crippen LogP) is 0.517. The Labute approximate surface area is 139 Å². The third kappa shape index (κ3) is 4.51. The van der Waals surface area contributed by atoms with E-state index in [1.807, 2.05) is 4.68 Å². The number of nitrogens with zero attached hydrogens (tertiary/aromatic N) is 3. The van der Waals surface area contributed by atoms with Gasteiger partial charge >= 0.3 is 0 Å². The molecule has 128 valence electrons. The maximum atomic E-state index is 13.0. The molecule has 1 amide bonds. The highest BCUT2D eigenvalue weighted by Gasteiger charge is 2.19. The van der Waals surface area contributed by atoms with Crippen molar-refractivity contribution in [3.63, 3.8) is 0 Å². The molecule has 0 saturated heterocycles. The molecule has 1 aromatic heterocycles. The van der Waals surface area contributed by atoms with Crippen LogP contribution in [0.5, 0.6) is 5.75 Å². The zero-order valence-electron chi connectivity index (χ0n) is 13.2. The molecule has 3 rings (SSSR count). The van der Waals surface area contributed by atoms with Gasteiger partial charge in [-0.3, -0.25) is 4.79 Å². The van der Waals surface area contributed by atoms with Crippen LogP contribution in [0.25, 0.3) is 0 Å². The minimum Gasteiger partial charge on any atom is -0.492 e. The number of benzene rings is 1. The van der Waals surface area contributed by atoms with E-state index < -0.39 is 0 Å². The summed E-state index contributed by atoms with van der Waals surface area (Å²) in [4.78, 5) is 16.0. The fraction of sp³-hybridized carbons (Fsp3) is 0.438. The van der Waals surface area contributed by atoms with Crippen LogP contribution in [0.3, 0.4) is 0 Å². The van der Waals surface area contributed by atoms with E-state index >= 15 is 0 Å². The fourth-order valence-electron chi connectivity index (χ4n) is 2.62. The number of carbonyl (C=O) groups excluding carboxylic acids is 1. The number of amides is 1. The normalized spacial score (nSPS) is 16.5. The van der Waals surface area contributed by atoms with Crippen molar-refractivity contribution in [3.8, 4) is 5.75 Å². The molecule has 1 atom stereocenters. The molecule has 0 spiro atoms. The lowest BCUT2D eigenvalue weighted by atomic mass is 10.1. The van der Waals surface area contributed by atoms with Gasteiger partial charge in [-0.2, -0.15) is 5.10 Å². The van der Waals surface area contributed by atoms with Crippen LogP contribution in [-0.4, -0.2) is 46.4 Å². The number of hydrogen-bond donors (Lipinski definition) is 2. The smallest absolute Gasteiger partial charge is 0.234 e. The third-order valence-corrected chi connectivity index (χ3v) is 3.85. The van der Waals surface area contributed by atoms with Crippen molar-refractivity contribution in [3.05, 3.63) is 42.2 Å². The second kappa shape index (κ2) is 7.87. The molecule has 0 saturated carbocycles. The molecule has 2 aromatic rings. The van der Waals surface area contributed by atoms with Crippen LogP contribution in [0.4, 0.5) is 4.39 Å². The zero-order chi connectivity index (χ0) is 16.8. The van der Waals surface area contributed by atoms with Crippen molar-refractivity contribution in [2.45, 2.75) is 25.4 Å². The highest BCUT2D eigenvalue weighted by molar-refractivity contribution is 5.77. The molecular weight excluding hydrogens is 313 g/mol. The van der Waals surface area contributed by atoms with Crippen LogP contribution in [0.1, 0.15) is 12.2 Å². The lowest BCUT2D eigenvalue weighted by molar-refractivity contribution is -0.120. The number of fused-ring (bicyclic) bond motifs is 1. The molecule has 1 aliphatic heterocycles. The van der Waals surface area contributed by atoms with Gasteiger partial charge in [-0.1, -0.05) is 6.07 Å². The van der Waals surface area contributed by atoms with Crippen molar-refractivity contribution in [1.82, 2.24) is 25.4 Å². The Kier molecular flexibility index (Phi) is 5.37. The molecule has 0 aliphatic carbocycles. The monoisotopic (exact) mass is 333 g/mol. The van der Waals surface area contributed by atoms with Gasteiger partial charge in [-0.15, -0.1) is 0 Å². The quantitative estimate of drug-likeness (QED) is 0.722. The Morgan fingerprint density at radius 3 is 3.25 bits per heavy atom. The van der Waals surface area contributed by atoms with Gasteiger partial charge in [0.25, 0.3) is 0 Å². The topological polar surface area (TPSA) is 81.1 Å². The average Bonchev–Trinajstić information content (AvgIpc) is 3.05. The minimum atomic E-state index is -0.344. The Hall–Kier alpha value is -2.48. The first-order valence-corrected chi connectivity index (χ1v) is 7.96. The van der Waals surface area contributed by atoms with Gasteiger partial charge in [-0.25, -0.2) is 14.1 Å². The summed E-state index contributed by atoms with van der Waals surface area (Å²) in [6.45, 7) is 1.63. The number of aromatic nitrogens is 3. The number of aryl methyl sites for hydroxylation is 1. The molecule has 0 bridgehead atoms. The number of carbonyl (C=O) groups is 1. The number of nitrogens with one attached hydrogen (secondary N) is 2. The van der Waals surface area contributed by atoms with Crippen molar-refractivity contribution >= 4 is 5.91 Å². The van der Waals surface area contributed by atoms with Gasteiger partial charge in [0.2, 0.25) is 5.91 Å². The van der Waals surface area contributed by atoms with Crippen LogP contribution in [0.2, 0.25) is 0 Å². The van der Waals surface area contributed by atoms with Gasteiger partial charge in [0.15, 0.2) is 0 Å². The zero-order valence-corrected chi connectivity index (χ0v) is 13.2. The molecule has 0 unspecified atom stereocenters. The first kappa shape index (κ1) is 16.4. The van der Waals surface area contributed by atoms with Crippen LogP contribution in [0.15, 0.2) is 30.6 Å². The summed E-state index contributed by atoms with van der Waals surface area (Å²) < 4.78 is 20.2. The summed E-state index contributed by atoms with van der Waals surface area (Å²) in [5.74, 6) is 1.01. The first-order valence-electron chi connectivity index (χ1n) is 7.96. The van der Waals surface area contributed by atoms with E-state index in [-0.39, 0.29) is 24.3 Å². The molecule has 7 nitrogen and oxygen atoms in total. The molecule has 24 heavy (non-hydrogen) atoms. The second-order valence-corrected chi connectivity index (χ2v) is 5.63. The van der Waals surface area contributed by atoms with Gasteiger partial charge in [0, 0.05) is 18.5 Å². The van der Waals surface area contributed by atoms with Crippen molar-refractivity contribution < 1.29 is 13.9 Å². The maximum Gasteiger partial charge on any atom is 0.234 e. The summed E-state index contributed by atoms with van der Waals surface area (Å²) >= 11 is 0. The van der Waals surface area contributed by atoms with Crippen molar-refractivity contribution in [2.24, 2.45) is 0 Å². The highest BCUT2D eigenvalue weighted by atomic mass is 19.1. The highest BCUT2D eigenvalue weighted by Crippen LogP contribution is 2.12. The molecular formula is C16H20FN5O2. The Morgan fingerprint density at radius 2 is 2.38 bits per heavy atom. The predicted molar refractivity (Wildman–Crippen MR) is 85.0 cm³/mol. The van der Waals surface area contributed by atoms with Crippen LogP contribution in [0, 0.1) is 5.82 Å². The summed E-state index contributed by atoms with van der Waals surface area (Å²) in [5.41, 5.74) is 0. The minimum absolute atomic E-state index is 0.0952. The summed E-state index contributed by atoms with van der Waals surface area (Å²) in [7, 11) is 0. The van der Waals surface area contributed by atoms with Gasteiger partial charge in [-0.05, 0) is 18.6 Å². The van der Waals surface area contributed by atoms with Crippen molar-refractivity contribution in [1.29, 1.82) is 0 Å². The molecule has 8 heteroatoms. The second-order valence-electron chi connectivity index (χ2n) is 5.63. The number of ether oxygens (including phenoxy) is 1. The van der Waals surface area contributed by atoms with Crippen molar-refractivity contribution in [2.75, 3.05) is 19.7 Å². The molecule has 2 heterocycles. The lowest BCUT2D eigenvalue weighted by Gasteiger charge is -2.23. The van der Waals surface area contributed by atoms with E-state index in [0.29, 0.717) is 18.9 Å². The largest absolute Gasteiger partial charge is 0.492 e. The molecule has 2 N–H and O–H groups in total. The van der Waals surface area contributed by atoms with E-state index in [1.54, 1.807) is 18.5 Å². The SMILES string of the molecule is O=C(CN[C@H]1CCc2ncnn2C1)NCCOc1cccc(F)c1. The van der Waals surface area contributed by atoms with Crippen LogP contribution < -0.4 is 15.4 Å². The number of hydrogen-bond acceptors (Lipinski definition) is 5. The number of halogens is 1. The Morgan fingerprint density at radius 1 is 1.46 bits per heavy atom.